The summed E-state index contributed by atoms with van der Waals surface area (Å²) in [4.78, 5) is 0.328. The van der Waals surface area contributed by atoms with Crippen LogP contribution in [-0.4, -0.2) is 32.9 Å². The Balaban J connectivity index is 2.21. The van der Waals surface area contributed by atoms with Crippen LogP contribution < -0.4 is 5.73 Å². The first kappa shape index (κ1) is 16.0. The van der Waals surface area contributed by atoms with Crippen molar-refractivity contribution in [2.45, 2.75) is 25.2 Å². The molecular weight excluding hydrogens is 284 g/mol. The smallest absolute Gasteiger partial charge is 0.242 e. The van der Waals surface area contributed by atoms with E-state index in [1.807, 2.05) is 6.92 Å². The van der Waals surface area contributed by atoms with E-state index in [9.17, 15) is 8.42 Å². The molecule has 21 heavy (non-hydrogen) atoms. The molecule has 0 heterocycles. The van der Waals surface area contributed by atoms with Crippen LogP contribution in [0.2, 0.25) is 0 Å². The molecule has 0 radical (unpaired) electrons. The Kier molecular flexibility index (Phi) is 4.72. The normalized spacial score (nSPS) is 21.0. The Morgan fingerprint density at radius 1 is 1.43 bits per heavy atom. The lowest BCUT2D eigenvalue weighted by molar-refractivity contribution is 0.444. The molecule has 5 heteroatoms. The molecule has 0 amide bonds. The lowest BCUT2D eigenvalue weighted by Crippen LogP contribution is -2.29. The van der Waals surface area contributed by atoms with Crippen molar-refractivity contribution < 1.29 is 8.42 Å². The molecule has 2 unspecified atom stereocenters. The van der Waals surface area contributed by atoms with Crippen LogP contribution in [0, 0.1) is 30.6 Å². The van der Waals surface area contributed by atoms with Gasteiger partial charge < -0.3 is 5.73 Å². The van der Waals surface area contributed by atoms with Crippen LogP contribution >= 0.6 is 0 Å². The second-order valence-electron chi connectivity index (χ2n) is 5.74. The predicted octanol–water partition coefficient (Wildman–Crippen LogP) is 1.58. The first-order valence-corrected chi connectivity index (χ1v) is 8.56. The second-order valence-corrected chi connectivity index (χ2v) is 7.79. The Morgan fingerprint density at radius 3 is 2.62 bits per heavy atom. The van der Waals surface area contributed by atoms with Gasteiger partial charge in [0.05, 0.1) is 11.4 Å². The molecule has 0 aromatic heterocycles. The van der Waals surface area contributed by atoms with Crippen LogP contribution in [-0.2, 0) is 10.0 Å². The van der Waals surface area contributed by atoms with Crippen molar-refractivity contribution >= 4 is 10.0 Å². The van der Waals surface area contributed by atoms with Crippen LogP contribution in [0.4, 0.5) is 0 Å². The van der Waals surface area contributed by atoms with Crippen molar-refractivity contribution in [3.63, 3.8) is 0 Å². The SMILES string of the molecule is Cc1cc(S(=O)(=O)N(C)CC2CC2C)ccc1C#CCN. The fourth-order valence-electron chi connectivity index (χ4n) is 2.34. The van der Waals surface area contributed by atoms with E-state index < -0.39 is 10.0 Å². The maximum Gasteiger partial charge on any atom is 0.242 e. The number of hydrogen-bond acceptors (Lipinski definition) is 3. The number of nitrogens with two attached hydrogens (primary N) is 1. The van der Waals surface area contributed by atoms with Gasteiger partial charge >= 0.3 is 0 Å². The first-order chi connectivity index (χ1) is 9.86. The summed E-state index contributed by atoms with van der Waals surface area (Å²) in [6.45, 7) is 4.90. The quantitative estimate of drug-likeness (QED) is 0.859. The van der Waals surface area contributed by atoms with Crippen LogP contribution in [0.15, 0.2) is 23.1 Å². The van der Waals surface area contributed by atoms with Crippen molar-refractivity contribution in [2.24, 2.45) is 17.6 Å². The van der Waals surface area contributed by atoms with Gasteiger partial charge in [-0.1, -0.05) is 18.8 Å². The molecule has 4 nitrogen and oxygen atoms in total. The number of hydrogen-bond donors (Lipinski definition) is 1. The van der Waals surface area contributed by atoms with E-state index in [0.717, 1.165) is 17.5 Å². The molecular formula is C16H22N2O2S. The van der Waals surface area contributed by atoms with Crippen molar-refractivity contribution in [3.05, 3.63) is 29.3 Å². The monoisotopic (exact) mass is 306 g/mol. The predicted molar refractivity (Wildman–Crippen MR) is 84.2 cm³/mol. The van der Waals surface area contributed by atoms with E-state index in [1.165, 1.54) is 4.31 Å². The third-order valence-corrected chi connectivity index (χ3v) is 5.82. The number of sulfonamides is 1. The topological polar surface area (TPSA) is 63.4 Å². The Morgan fingerprint density at radius 2 is 2.10 bits per heavy atom. The summed E-state index contributed by atoms with van der Waals surface area (Å²) in [7, 11) is -1.77. The van der Waals surface area contributed by atoms with Gasteiger partial charge in [-0.05, 0) is 48.9 Å². The Labute approximate surface area is 127 Å². The maximum absolute atomic E-state index is 12.5. The highest BCUT2D eigenvalue weighted by Crippen LogP contribution is 2.38. The van der Waals surface area contributed by atoms with Crippen LogP contribution in [0.1, 0.15) is 24.5 Å². The van der Waals surface area contributed by atoms with Crippen molar-refractivity contribution in [2.75, 3.05) is 20.1 Å². The third kappa shape index (κ3) is 3.65. The second kappa shape index (κ2) is 6.18. The van der Waals surface area contributed by atoms with Crippen molar-refractivity contribution in [3.8, 4) is 11.8 Å². The third-order valence-electron chi connectivity index (χ3n) is 4.00. The number of rotatable bonds is 4. The standard InChI is InChI=1S/C16H22N2O2S/c1-12-9-15(12)11-18(3)21(19,20)16-7-6-14(5-4-8-17)13(2)10-16/h6-7,10,12,15H,8-9,11,17H2,1-3H3. The molecule has 0 aliphatic heterocycles. The molecule has 2 N–H and O–H groups in total. The lowest BCUT2D eigenvalue weighted by Gasteiger charge is -2.17. The fourth-order valence-corrected chi connectivity index (χ4v) is 3.66. The summed E-state index contributed by atoms with van der Waals surface area (Å²) in [6, 6.07) is 5.05. The molecule has 1 aliphatic carbocycles. The van der Waals surface area contributed by atoms with Gasteiger partial charge in [0.1, 0.15) is 0 Å². The Bertz CT molecular complexity index is 686. The zero-order chi connectivity index (χ0) is 15.6. The summed E-state index contributed by atoms with van der Waals surface area (Å²) in [5.74, 6) is 6.87. The molecule has 1 fully saturated rings. The van der Waals surface area contributed by atoms with Gasteiger partial charge in [-0.2, -0.15) is 0 Å². The van der Waals surface area contributed by atoms with Crippen molar-refractivity contribution in [1.82, 2.24) is 4.31 Å². The largest absolute Gasteiger partial charge is 0.320 e. The highest BCUT2D eigenvalue weighted by molar-refractivity contribution is 7.89. The highest BCUT2D eigenvalue weighted by Gasteiger charge is 2.36. The zero-order valence-electron chi connectivity index (χ0n) is 12.8. The molecule has 0 spiro atoms. The van der Waals surface area contributed by atoms with Crippen LogP contribution in [0.3, 0.4) is 0 Å². The van der Waals surface area contributed by atoms with Gasteiger partial charge in [0.2, 0.25) is 10.0 Å². The molecule has 2 rings (SSSR count). The molecule has 0 saturated heterocycles. The summed E-state index contributed by atoms with van der Waals surface area (Å²) >= 11 is 0. The summed E-state index contributed by atoms with van der Waals surface area (Å²) in [5, 5.41) is 0. The van der Waals surface area contributed by atoms with E-state index in [2.05, 4.69) is 18.8 Å². The van der Waals surface area contributed by atoms with Crippen molar-refractivity contribution in [1.29, 1.82) is 0 Å². The number of aryl methyl sites for hydroxylation is 1. The van der Waals surface area contributed by atoms with Gasteiger partial charge in [0.25, 0.3) is 0 Å². The number of nitrogens with zero attached hydrogens (tertiary/aromatic N) is 1. The summed E-state index contributed by atoms with van der Waals surface area (Å²) < 4.78 is 26.6. The van der Waals surface area contributed by atoms with Crippen LogP contribution in [0.25, 0.3) is 0 Å². The zero-order valence-corrected chi connectivity index (χ0v) is 13.6. The molecule has 0 bridgehead atoms. The minimum Gasteiger partial charge on any atom is -0.320 e. The number of benzene rings is 1. The van der Waals surface area contributed by atoms with Gasteiger partial charge in [0, 0.05) is 19.2 Å². The highest BCUT2D eigenvalue weighted by atomic mass is 32.2. The molecule has 2 atom stereocenters. The average Bonchev–Trinajstić information content (AvgIpc) is 3.12. The van der Waals surface area contributed by atoms with Crippen LogP contribution in [0.5, 0.6) is 0 Å². The molecule has 114 valence electrons. The van der Waals surface area contributed by atoms with E-state index in [-0.39, 0.29) is 0 Å². The van der Waals surface area contributed by atoms with Gasteiger partial charge in [-0.25, -0.2) is 12.7 Å². The van der Waals surface area contributed by atoms with E-state index in [0.29, 0.717) is 29.8 Å². The molecule has 1 aliphatic rings. The average molecular weight is 306 g/mol. The van der Waals surface area contributed by atoms with Gasteiger partial charge in [0.15, 0.2) is 0 Å². The van der Waals surface area contributed by atoms with E-state index >= 15 is 0 Å². The Hall–Kier alpha value is -1.35. The van der Waals surface area contributed by atoms with E-state index in [1.54, 1.807) is 25.2 Å². The van der Waals surface area contributed by atoms with Gasteiger partial charge in [-0.15, -0.1) is 0 Å². The molecule has 1 saturated carbocycles. The van der Waals surface area contributed by atoms with Gasteiger partial charge in [-0.3, -0.25) is 0 Å². The minimum atomic E-state index is -3.42. The first-order valence-electron chi connectivity index (χ1n) is 7.12. The molecule has 1 aromatic rings. The lowest BCUT2D eigenvalue weighted by atomic mass is 10.1. The summed E-state index contributed by atoms with van der Waals surface area (Å²) in [6.07, 6.45) is 1.12. The minimum absolute atomic E-state index is 0.293. The summed E-state index contributed by atoms with van der Waals surface area (Å²) in [5.41, 5.74) is 7.02. The maximum atomic E-state index is 12.5. The van der Waals surface area contributed by atoms with E-state index in [4.69, 9.17) is 5.73 Å². The molecule has 1 aromatic carbocycles. The fraction of sp³-hybridized carbons (Fsp3) is 0.500.